The highest BCUT2D eigenvalue weighted by Gasteiger charge is 2.17. The van der Waals surface area contributed by atoms with Crippen LogP contribution in [0.4, 0.5) is 10.5 Å². The molecule has 0 saturated heterocycles. The number of amides is 2. The summed E-state index contributed by atoms with van der Waals surface area (Å²) in [6.07, 6.45) is 1.29. The van der Waals surface area contributed by atoms with Gasteiger partial charge in [-0.25, -0.2) is 4.79 Å². The lowest BCUT2D eigenvalue weighted by atomic mass is 10.0. The smallest absolute Gasteiger partial charge is 0.319 e. The molecular formula is C14H19BrN2O4. The van der Waals surface area contributed by atoms with Gasteiger partial charge in [-0.3, -0.25) is 4.79 Å². The van der Waals surface area contributed by atoms with E-state index in [9.17, 15) is 9.59 Å². The van der Waals surface area contributed by atoms with E-state index in [1.165, 1.54) is 0 Å². The Balaban J connectivity index is 2.53. The Morgan fingerprint density at radius 2 is 2.14 bits per heavy atom. The van der Waals surface area contributed by atoms with Gasteiger partial charge in [0, 0.05) is 12.2 Å². The van der Waals surface area contributed by atoms with Crippen LogP contribution in [-0.4, -0.2) is 30.8 Å². The summed E-state index contributed by atoms with van der Waals surface area (Å²) in [4.78, 5) is 22.7. The summed E-state index contributed by atoms with van der Waals surface area (Å²) in [6.45, 7) is 2.01. The standard InChI is InChI=1S/C14H19BrN2O4/c1-3-4-9(13(18)19)8-16-14(20)17-10-5-6-12(21-2)11(15)7-10/h5-7,9H,3-4,8H2,1-2H3,(H,18,19)(H2,16,17,20). The van der Waals surface area contributed by atoms with Crippen molar-refractivity contribution in [3.63, 3.8) is 0 Å². The number of anilines is 1. The van der Waals surface area contributed by atoms with Crippen LogP contribution in [0.25, 0.3) is 0 Å². The zero-order valence-corrected chi connectivity index (χ0v) is 13.6. The van der Waals surface area contributed by atoms with E-state index < -0.39 is 17.9 Å². The number of rotatable bonds is 7. The van der Waals surface area contributed by atoms with Crippen molar-refractivity contribution < 1.29 is 19.4 Å². The van der Waals surface area contributed by atoms with Crippen molar-refractivity contribution in [1.29, 1.82) is 0 Å². The number of methoxy groups -OCH3 is 1. The SMILES string of the molecule is CCCC(CNC(=O)Nc1ccc(OC)c(Br)c1)C(=O)O. The van der Waals surface area contributed by atoms with Gasteiger partial charge in [0.05, 0.1) is 17.5 Å². The quantitative estimate of drug-likeness (QED) is 0.698. The zero-order chi connectivity index (χ0) is 15.8. The molecule has 0 radical (unpaired) electrons. The third-order valence-corrected chi connectivity index (χ3v) is 3.52. The van der Waals surface area contributed by atoms with Crippen LogP contribution in [0.3, 0.4) is 0 Å². The largest absolute Gasteiger partial charge is 0.496 e. The van der Waals surface area contributed by atoms with Crippen molar-refractivity contribution in [1.82, 2.24) is 5.32 Å². The number of urea groups is 1. The van der Waals surface area contributed by atoms with E-state index in [-0.39, 0.29) is 6.54 Å². The predicted molar refractivity (Wildman–Crippen MR) is 83.7 cm³/mol. The lowest BCUT2D eigenvalue weighted by Crippen LogP contribution is -2.35. The van der Waals surface area contributed by atoms with Crippen molar-refractivity contribution >= 4 is 33.6 Å². The van der Waals surface area contributed by atoms with E-state index in [2.05, 4.69) is 26.6 Å². The molecule has 0 fully saturated rings. The summed E-state index contributed by atoms with van der Waals surface area (Å²) < 4.78 is 5.82. The fourth-order valence-corrected chi connectivity index (χ4v) is 2.34. The maximum Gasteiger partial charge on any atom is 0.319 e. The fourth-order valence-electron chi connectivity index (χ4n) is 1.80. The van der Waals surface area contributed by atoms with Crippen molar-refractivity contribution in [2.24, 2.45) is 5.92 Å². The van der Waals surface area contributed by atoms with Gasteiger partial charge < -0.3 is 20.5 Å². The summed E-state index contributed by atoms with van der Waals surface area (Å²) in [6, 6.07) is 4.69. The number of carboxylic acid groups (broad SMARTS) is 1. The van der Waals surface area contributed by atoms with Crippen molar-refractivity contribution in [3.05, 3.63) is 22.7 Å². The number of halogens is 1. The molecule has 7 heteroatoms. The Morgan fingerprint density at radius 1 is 1.43 bits per heavy atom. The third kappa shape index (κ3) is 5.63. The molecule has 1 aromatic rings. The van der Waals surface area contributed by atoms with Gasteiger partial charge in [0.15, 0.2) is 0 Å². The first-order valence-corrected chi connectivity index (χ1v) is 7.38. The Hall–Kier alpha value is -1.76. The molecule has 1 rings (SSSR count). The maximum absolute atomic E-state index is 11.7. The first-order valence-electron chi connectivity index (χ1n) is 6.59. The van der Waals surface area contributed by atoms with E-state index in [1.807, 2.05) is 6.92 Å². The number of carbonyl (C=O) groups excluding carboxylic acids is 1. The minimum atomic E-state index is -0.899. The van der Waals surface area contributed by atoms with Crippen LogP contribution in [0.5, 0.6) is 5.75 Å². The molecule has 1 aromatic carbocycles. The number of nitrogens with one attached hydrogen (secondary N) is 2. The average Bonchev–Trinajstić information content (AvgIpc) is 2.43. The van der Waals surface area contributed by atoms with Crippen LogP contribution in [0, 0.1) is 5.92 Å². The minimum Gasteiger partial charge on any atom is -0.496 e. The van der Waals surface area contributed by atoms with Crippen molar-refractivity contribution in [2.45, 2.75) is 19.8 Å². The van der Waals surface area contributed by atoms with E-state index in [0.29, 0.717) is 17.9 Å². The molecular weight excluding hydrogens is 340 g/mol. The molecule has 116 valence electrons. The molecule has 3 N–H and O–H groups in total. The summed E-state index contributed by atoms with van der Waals surface area (Å²) in [5, 5.41) is 14.2. The Morgan fingerprint density at radius 3 is 2.67 bits per heavy atom. The second-order valence-corrected chi connectivity index (χ2v) is 5.36. The van der Waals surface area contributed by atoms with E-state index in [0.717, 1.165) is 10.9 Å². The van der Waals surface area contributed by atoms with Gasteiger partial charge in [-0.2, -0.15) is 0 Å². The first kappa shape index (κ1) is 17.3. The van der Waals surface area contributed by atoms with Gasteiger partial charge in [0.2, 0.25) is 0 Å². The molecule has 21 heavy (non-hydrogen) atoms. The average molecular weight is 359 g/mol. The van der Waals surface area contributed by atoms with Crippen LogP contribution in [0.15, 0.2) is 22.7 Å². The lowest BCUT2D eigenvalue weighted by Gasteiger charge is -2.13. The van der Waals surface area contributed by atoms with Gasteiger partial charge in [0.1, 0.15) is 5.75 Å². The van der Waals surface area contributed by atoms with Crippen LogP contribution in [0.1, 0.15) is 19.8 Å². The second kappa shape index (κ2) is 8.51. The first-order chi connectivity index (χ1) is 9.97. The summed E-state index contributed by atoms with van der Waals surface area (Å²) in [5.41, 5.74) is 0.586. The number of hydrogen-bond acceptors (Lipinski definition) is 3. The Bertz CT molecular complexity index is 508. The highest BCUT2D eigenvalue weighted by molar-refractivity contribution is 9.10. The van der Waals surface area contributed by atoms with Crippen LogP contribution in [-0.2, 0) is 4.79 Å². The Kier molecular flexibility index (Phi) is 7.01. The fraction of sp³-hybridized carbons (Fsp3) is 0.429. The summed E-state index contributed by atoms with van der Waals surface area (Å²) in [5.74, 6) is -0.803. The van der Waals surface area contributed by atoms with Crippen molar-refractivity contribution in [2.75, 3.05) is 19.0 Å². The van der Waals surface area contributed by atoms with E-state index in [1.54, 1.807) is 25.3 Å². The van der Waals surface area contributed by atoms with E-state index >= 15 is 0 Å². The lowest BCUT2D eigenvalue weighted by molar-refractivity contribution is -0.141. The van der Waals surface area contributed by atoms with Gasteiger partial charge in [-0.05, 0) is 40.5 Å². The second-order valence-electron chi connectivity index (χ2n) is 4.51. The molecule has 1 unspecified atom stereocenters. The maximum atomic E-state index is 11.7. The molecule has 0 aliphatic heterocycles. The van der Waals surface area contributed by atoms with E-state index in [4.69, 9.17) is 9.84 Å². The molecule has 6 nitrogen and oxygen atoms in total. The van der Waals surface area contributed by atoms with Crippen LogP contribution < -0.4 is 15.4 Å². The highest BCUT2D eigenvalue weighted by Crippen LogP contribution is 2.27. The minimum absolute atomic E-state index is 0.104. The topological polar surface area (TPSA) is 87.7 Å². The zero-order valence-electron chi connectivity index (χ0n) is 12.0. The third-order valence-electron chi connectivity index (χ3n) is 2.91. The van der Waals surface area contributed by atoms with Crippen LogP contribution in [0.2, 0.25) is 0 Å². The molecule has 0 aliphatic carbocycles. The normalized spacial score (nSPS) is 11.6. The number of ether oxygens (including phenoxy) is 1. The van der Waals surface area contributed by atoms with Crippen LogP contribution >= 0.6 is 15.9 Å². The molecule has 0 heterocycles. The molecule has 0 aliphatic rings. The molecule has 0 bridgehead atoms. The van der Waals surface area contributed by atoms with Gasteiger partial charge >= 0.3 is 12.0 Å². The molecule has 1 atom stereocenters. The number of carboxylic acids is 1. The summed E-state index contributed by atoms with van der Waals surface area (Å²) in [7, 11) is 1.56. The highest BCUT2D eigenvalue weighted by atomic mass is 79.9. The van der Waals surface area contributed by atoms with Gasteiger partial charge in [-0.1, -0.05) is 13.3 Å². The molecule has 0 spiro atoms. The monoisotopic (exact) mass is 358 g/mol. The molecule has 0 saturated carbocycles. The van der Waals surface area contributed by atoms with Gasteiger partial charge in [0.25, 0.3) is 0 Å². The number of aliphatic carboxylic acids is 1. The molecule has 2 amide bonds. The van der Waals surface area contributed by atoms with Gasteiger partial charge in [-0.15, -0.1) is 0 Å². The predicted octanol–water partition coefficient (Wildman–Crippen LogP) is 3.08. The number of benzene rings is 1. The summed E-state index contributed by atoms with van der Waals surface area (Å²) >= 11 is 3.32. The number of hydrogen-bond donors (Lipinski definition) is 3. The Labute approximate surface area is 132 Å². The number of carbonyl (C=O) groups is 2. The van der Waals surface area contributed by atoms with Crippen molar-refractivity contribution in [3.8, 4) is 5.75 Å². The molecule has 0 aromatic heterocycles.